The van der Waals surface area contributed by atoms with Crippen LogP contribution >= 0.6 is 11.6 Å². The molecular formula is C15H12ClFN2O4S. The summed E-state index contributed by atoms with van der Waals surface area (Å²) in [6, 6.07) is 9.20. The highest BCUT2D eigenvalue weighted by Gasteiger charge is 2.15. The van der Waals surface area contributed by atoms with Crippen LogP contribution in [0.5, 0.6) is 0 Å². The summed E-state index contributed by atoms with van der Waals surface area (Å²) in [5.41, 5.74) is 1.97. The van der Waals surface area contributed by atoms with Crippen molar-refractivity contribution < 1.29 is 22.8 Å². The monoisotopic (exact) mass is 370 g/mol. The van der Waals surface area contributed by atoms with Crippen LogP contribution in [0.1, 0.15) is 5.56 Å². The second kappa shape index (κ2) is 7.43. The van der Waals surface area contributed by atoms with Crippen molar-refractivity contribution in [3.63, 3.8) is 0 Å². The van der Waals surface area contributed by atoms with Gasteiger partial charge in [0.25, 0.3) is 15.9 Å². The highest BCUT2D eigenvalue weighted by Crippen LogP contribution is 2.22. The van der Waals surface area contributed by atoms with Crippen LogP contribution < -0.4 is 10.2 Å². The first kappa shape index (κ1) is 17.9. The minimum Gasteiger partial charge on any atom is -0.288 e. The van der Waals surface area contributed by atoms with E-state index in [1.807, 2.05) is 0 Å². The maximum atomic E-state index is 13.1. The van der Waals surface area contributed by atoms with Crippen molar-refractivity contribution in [2.24, 2.45) is 0 Å². The first-order chi connectivity index (χ1) is 11.3. The van der Waals surface area contributed by atoms with Gasteiger partial charge < -0.3 is 0 Å². The second-order valence-electron chi connectivity index (χ2n) is 4.62. The van der Waals surface area contributed by atoms with Crippen LogP contribution in [-0.2, 0) is 14.8 Å². The van der Waals surface area contributed by atoms with Crippen molar-refractivity contribution in [1.82, 2.24) is 5.48 Å². The summed E-state index contributed by atoms with van der Waals surface area (Å²) in [6.07, 6.45) is 2.37. The van der Waals surface area contributed by atoms with E-state index in [0.717, 1.165) is 18.2 Å². The van der Waals surface area contributed by atoms with E-state index in [0.29, 0.717) is 5.56 Å². The molecule has 0 aliphatic rings. The van der Waals surface area contributed by atoms with Crippen LogP contribution in [0.3, 0.4) is 0 Å². The average molecular weight is 371 g/mol. The average Bonchev–Trinajstić information content (AvgIpc) is 2.56. The van der Waals surface area contributed by atoms with Gasteiger partial charge in [0.1, 0.15) is 5.82 Å². The van der Waals surface area contributed by atoms with Crippen LogP contribution in [-0.4, -0.2) is 19.5 Å². The molecular weight excluding hydrogens is 359 g/mol. The van der Waals surface area contributed by atoms with E-state index in [4.69, 9.17) is 16.8 Å². The molecule has 2 aromatic carbocycles. The molecule has 0 spiro atoms. The number of carbonyl (C=O) groups excluding carboxylic acids is 1. The van der Waals surface area contributed by atoms with Gasteiger partial charge in [0.2, 0.25) is 0 Å². The number of sulfonamides is 1. The molecule has 0 radical (unpaired) electrons. The molecule has 0 unspecified atom stereocenters. The third-order valence-corrected chi connectivity index (χ3v) is 4.55. The van der Waals surface area contributed by atoms with E-state index in [1.165, 1.54) is 35.8 Å². The largest absolute Gasteiger partial charge is 0.288 e. The van der Waals surface area contributed by atoms with Gasteiger partial charge in [0, 0.05) is 6.08 Å². The number of amides is 1. The highest BCUT2D eigenvalue weighted by atomic mass is 35.5. The van der Waals surface area contributed by atoms with Gasteiger partial charge in [0.15, 0.2) is 0 Å². The van der Waals surface area contributed by atoms with Crippen molar-refractivity contribution in [2.45, 2.75) is 4.90 Å². The lowest BCUT2D eigenvalue weighted by molar-refractivity contribution is -0.124. The molecule has 1 amide bonds. The zero-order chi connectivity index (χ0) is 17.7. The molecule has 0 heterocycles. The number of hydroxylamine groups is 1. The molecule has 9 heteroatoms. The van der Waals surface area contributed by atoms with Crippen LogP contribution in [0.25, 0.3) is 6.08 Å². The number of halogens is 2. The van der Waals surface area contributed by atoms with E-state index >= 15 is 0 Å². The quantitative estimate of drug-likeness (QED) is 0.428. The van der Waals surface area contributed by atoms with E-state index in [1.54, 1.807) is 6.07 Å². The standard InChI is InChI=1S/C15H12ClFN2O4S/c16-13-9-11(5-6-14(13)17)19-24(22,23)12-3-1-2-10(8-12)4-7-15(20)18-21/h1-9,19,21H,(H,18,20)/b7-4+. The molecule has 0 saturated carbocycles. The maximum Gasteiger partial charge on any atom is 0.267 e. The number of hydrogen-bond acceptors (Lipinski definition) is 4. The van der Waals surface area contributed by atoms with E-state index in [2.05, 4.69) is 4.72 Å². The Kier molecular flexibility index (Phi) is 5.55. The molecule has 2 rings (SSSR count). The fourth-order valence-corrected chi connectivity index (χ4v) is 3.05. The second-order valence-corrected chi connectivity index (χ2v) is 6.71. The topological polar surface area (TPSA) is 95.5 Å². The zero-order valence-electron chi connectivity index (χ0n) is 12.0. The molecule has 0 atom stereocenters. The van der Waals surface area contributed by atoms with E-state index < -0.39 is 21.7 Å². The molecule has 0 aliphatic heterocycles. The summed E-state index contributed by atoms with van der Waals surface area (Å²) in [7, 11) is -3.92. The highest BCUT2D eigenvalue weighted by molar-refractivity contribution is 7.92. The number of carbonyl (C=O) groups is 1. The molecule has 24 heavy (non-hydrogen) atoms. The first-order valence-corrected chi connectivity index (χ1v) is 8.38. The van der Waals surface area contributed by atoms with Crippen molar-refractivity contribution in [3.8, 4) is 0 Å². The van der Waals surface area contributed by atoms with E-state index in [-0.39, 0.29) is 15.6 Å². The summed E-state index contributed by atoms with van der Waals surface area (Å²) in [5, 5.41) is 8.20. The van der Waals surface area contributed by atoms with Gasteiger partial charge in [0.05, 0.1) is 15.6 Å². The van der Waals surface area contributed by atoms with E-state index in [9.17, 15) is 17.6 Å². The zero-order valence-corrected chi connectivity index (χ0v) is 13.6. The molecule has 126 valence electrons. The Bertz CT molecular complexity index is 900. The lowest BCUT2D eigenvalue weighted by Gasteiger charge is -2.09. The summed E-state index contributed by atoms with van der Waals surface area (Å²) in [4.78, 5) is 10.9. The number of hydrogen-bond donors (Lipinski definition) is 3. The lowest BCUT2D eigenvalue weighted by atomic mass is 10.2. The Morgan fingerprint density at radius 3 is 2.62 bits per heavy atom. The number of benzene rings is 2. The Labute approximate surface area is 142 Å². The van der Waals surface area contributed by atoms with Crippen LogP contribution in [0, 0.1) is 5.82 Å². The molecule has 6 nitrogen and oxygen atoms in total. The molecule has 0 fully saturated rings. The third kappa shape index (κ3) is 4.54. The number of anilines is 1. The Morgan fingerprint density at radius 1 is 1.21 bits per heavy atom. The van der Waals surface area contributed by atoms with Gasteiger partial charge in [-0.15, -0.1) is 0 Å². The van der Waals surface area contributed by atoms with Crippen LogP contribution in [0.2, 0.25) is 5.02 Å². The predicted octanol–water partition coefficient (Wildman–Crippen LogP) is 2.80. The Morgan fingerprint density at radius 2 is 1.96 bits per heavy atom. The van der Waals surface area contributed by atoms with Crippen LogP contribution in [0.4, 0.5) is 10.1 Å². The fourth-order valence-electron chi connectivity index (χ4n) is 1.77. The van der Waals surface area contributed by atoms with Crippen molar-refractivity contribution in [2.75, 3.05) is 4.72 Å². The molecule has 0 aromatic heterocycles. The van der Waals surface area contributed by atoms with Gasteiger partial charge in [-0.2, -0.15) is 0 Å². The summed E-state index contributed by atoms with van der Waals surface area (Å²) < 4.78 is 40.1. The summed E-state index contributed by atoms with van der Waals surface area (Å²) >= 11 is 5.62. The number of nitrogens with one attached hydrogen (secondary N) is 2. The minimum atomic E-state index is -3.92. The van der Waals surface area contributed by atoms with Crippen molar-refractivity contribution in [3.05, 3.63) is 64.9 Å². The molecule has 0 bridgehead atoms. The Hall–Kier alpha value is -2.42. The van der Waals surface area contributed by atoms with Gasteiger partial charge >= 0.3 is 0 Å². The van der Waals surface area contributed by atoms with Gasteiger partial charge in [-0.3, -0.25) is 14.7 Å². The smallest absolute Gasteiger partial charge is 0.267 e. The third-order valence-electron chi connectivity index (χ3n) is 2.88. The van der Waals surface area contributed by atoms with Gasteiger partial charge in [-0.05, 0) is 42.0 Å². The van der Waals surface area contributed by atoms with Crippen LogP contribution in [0.15, 0.2) is 53.4 Å². The van der Waals surface area contributed by atoms with Crippen molar-refractivity contribution in [1.29, 1.82) is 0 Å². The summed E-state index contributed by atoms with van der Waals surface area (Å²) in [5.74, 6) is -1.41. The normalized spacial score (nSPS) is 11.5. The predicted molar refractivity (Wildman–Crippen MR) is 87.6 cm³/mol. The molecule has 0 saturated heterocycles. The Balaban J connectivity index is 2.27. The summed E-state index contributed by atoms with van der Waals surface area (Å²) in [6.45, 7) is 0. The van der Waals surface area contributed by atoms with Crippen molar-refractivity contribution >= 4 is 39.3 Å². The fraction of sp³-hybridized carbons (Fsp3) is 0. The van der Waals surface area contributed by atoms with Gasteiger partial charge in [-0.1, -0.05) is 23.7 Å². The van der Waals surface area contributed by atoms with Gasteiger partial charge in [-0.25, -0.2) is 18.3 Å². The number of rotatable bonds is 5. The molecule has 2 aromatic rings. The maximum absolute atomic E-state index is 13.1. The minimum absolute atomic E-state index is 0.0606. The first-order valence-electron chi connectivity index (χ1n) is 6.52. The SMILES string of the molecule is O=C(/C=C/c1cccc(S(=O)(=O)Nc2ccc(F)c(Cl)c2)c1)NO. The lowest BCUT2D eigenvalue weighted by Crippen LogP contribution is -2.15. The molecule has 0 aliphatic carbocycles. The molecule has 3 N–H and O–H groups in total.